The first-order valence-electron chi connectivity index (χ1n) is 8.76. The van der Waals surface area contributed by atoms with E-state index in [4.69, 9.17) is 32.7 Å². The third kappa shape index (κ3) is 5.41. The number of nitrogens with one attached hydrogen (secondary N) is 1. The molecule has 1 amide bonds. The van der Waals surface area contributed by atoms with E-state index in [9.17, 15) is 4.79 Å². The summed E-state index contributed by atoms with van der Waals surface area (Å²) >= 11 is 11.9. The number of anilines is 1. The summed E-state index contributed by atoms with van der Waals surface area (Å²) in [7, 11) is 0. The summed E-state index contributed by atoms with van der Waals surface area (Å²) in [5.74, 6) is 1.09. The smallest absolute Gasteiger partial charge is 0.255 e. The van der Waals surface area contributed by atoms with Gasteiger partial charge in [0, 0.05) is 26.9 Å². The molecule has 0 aromatic heterocycles. The second kappa shape index (κ2) is 9.49. The SMILES string of the molecule is CCOc1ccc(C(=O)Nc2ccc(Cl)cc2)cc1COc1cccc(Cl)c1. The van der Waals surface area contributed by atoms with Crippen LogP contribution in [0.5, 0.6) is 11.5 Å². The highest BCUT2D eigenvalue weighted by Gasteiger charge is 2.12. The monoisotopic (exact) mass is 415 g/mol. The summed E-state index contributed by atoms with van der Waals surface area (Å²) in [5, 5.41) is 4.06. The van der Waals surface area contributed by atoms with Crippen molar-refractivity contribution in [2.45, 2.75) is 13.5 Å². The molecule has 6 heteroatoms. The van der Waals surface area contributed by atoms with Gasteiger partial charge in [-0.15, -0.1) is 0 Å². The number of hydrogen-bond acceptors (Lipinski definition) is 3. The first kappa shape index (κ1) is 20.1. The van der Waals surface area contributed by atoms with E-state index in [-0.39, 0.29) is 12.5 Å². The third-order valence-electron chi connectivity index (χ3n) is 3.92. The Morgan fingerprint density at radius 1 is 0.929 bits per heavy atom. The van der Waals surface area contributed by atoms with Crippen LogP contribution in [0.25, 0.3) is 0 Å². The molecular formula is C22H19Cl2NO3. The molecule has 144 valence electrons. The van der Waals surface area contributed by atoms with Gasteiger partial charge in [-0.1, -0.05) is 29.3 Å². The molecule has 0 aliphatic rings. The number of benzene rings is 3. The van der Waals surface area contributed by atoms with E-state index in [1.54, 1.807) is 54.6 Å². The van der Waals surface area contributed by atoms with Crippen molar-refractivity contribution in [1.82, 2.24) is 0 Å². The maximum atomic E-state index is 12.6. The summed E-state index contributed by atoms with van der Waals surface area (Å²) < 4.78 is 11.5. The van der Waals surface area contributed by atoms with E-state index in [0.717, 1.165) is 5.56 Å². The molecule has 0 unspecified atom stereocenters. The molecule has 0 spiro atoms. The Labute approximate surface area is 174 Å². The highest BCUT2D eigenvalue weighted by molar-refractivity contribution is 6.31. The Bertz CT molecular complexity index is 958. The van der Waals surface area contributed by atoms with Crippen molar-refractivity contribution in [2.75, 3.05) is 11.9 Å². The van der Waals surface area contributed by atoms with E-state index >= 15 is 0 Å². The summed E-state index contributed by atoms with van der Waals surface area (Å²) in [6, 6.07) is 19.4. The summed E-state index contributed by atoms with van der Waals surface area (Å²) in [6.45, 7) is 2.67. The summed E-state index contributed by atoms with van der Waals surface area (Å²) in [5.41, 5.74) is 1.94. The van der Waals surface area contributed by atoms with E-state index < -0.39 is 0 Å². The third-order valence-corrected chi connectivity index (χ3v) is 4.40. The quantitative estimate of drug-likeness (QED) is 0.497. The zero-order valence-corrected chi connectivity index (χ0v) is 16.8. The van der Waals surface area contributed by atoms with Crippen LogP contribution in [0.2, 0.25) is 10.0 Å². The molecule has 28 heavy (non-hydrogen) atoms. The number of carbonyl (C=O) groups excluding carboxylic acids is 1. The molecule has 0 saturated carbocycles. The lowest BCUT2D eigenvalue weighted by molar-refractivity contribution is 0.102. The number of ether oxygens (including phenoxy) is 2. The van der Waals surface area contributed by atoms with Crippen molar-refractivity contribution in [2.24, 2.45) is 0 Å². The second-order valence-corrected chi connectivity index (χ2v) is 6.84. The number of halogens is 2. The van der Waals surface area contributed by atoms with Crippen LogP contribution in [0.15, 0.2) is 66.7 Å². The van der Waals surface area contributed by atoms with Crippen LogP contribution in [-0.2, 0) is 6.61 Å². The van der Waals surface area contributed by atoms with Gasteiger partial charge in [0.05, 0.1) is 6.61 Å². The van der Waals surface area contributed by atoms with Crippen LogP contribution in [0.1, 0.15) is 22.8 Å². The van der Waals surface area contributed by atoms with Crippen LogP contribution in [-0.4, -0.2) is 12.5 Å². The Kier molecular flexibility index (Phi) is 6.80. The Balaban J connectivity index is 1.77. The van der Waals surface area contributed by atoms with Gasteiger partial charge in [-0.05, 0) is 67.6 Å². The van der Waals surface area contributed by atoms with Gasteiger partial charge in [0.15, 0.2) is 0 Å². The van der Waals surface area contributed by atoms with Crippen LogP contribution in [0.4, 0.5) is 5.69 Å². The first-order valence-corrected chi connectivity index (χ1v) is 9.52. The zero-order valence-electron chi connectivity index (χ0n) is 15.2. The van der Waals surface area contributed by atoms with E-state index in [0.29, 0.717) is 39.4 Å². The topological polar surface area (TPSA) is 47.6 Å². The van der Waals surface area contributed by atoms with E-state index in [1.807, 2.05) is 19.1 Å². The van der Waals surface area contributed by atoms with Gasteiger partial charge in [-0.3, -0.25) is 4.79 Å². The lowest BCUT2D eigenvalue weighted by Crippen LogP contribution is -2.13. The highest BCUT2D eigenvalue weighted by Crippen LogP contribution is 2.25. The van der Waals surface area contributed by atoms with Crippen molar-refractivity contribution < 1.29 is 14.3 Å². The standard InChI is InChI=1S/C22H19Cl2NO3/c1-2-27-21-11-6-15(22(26)25-19-9-7-17(23)8-10-19)12-16(21)14-28-20-5-3-4-18(24)13-20/h3-13H,2,14H2,1H3,(H,25,26). The minimum Gasteiger partial charge on any atom is -0.493 e. The van der Waals surface area contributed by atoms with E-state index in [1.165, 1.54) is 0 Å². The first-order chi connectivity index (χ1) is 13.5. The normalized spacial score (nSPS) is 10.4. The van der Waals surface area contributed by atoms with Crippen molar-refractivity contribution in [3.05, 3.63) is 87.9 Å². The molecule has 3 aromatic rings. The van der Waals surface area contributed by atoms with Gasteiger partial charge in [-0.2, -0.15) is 0 Å². The molecule has 0 fully saturated rings. The van der Waals surface area contributed by atoms with E-state index in [2.05, 4.69) is 5.32 Å². The van der Waals surface area contributed by atoms with Crippen LogP contribution >= 0.6 is 23.2 Å². The second-order valence-electron chi connectivity index (χ2n) is 5.96. The molecule has 0 bridgehead atoms. The fourth-order valence-corrected chi connectivity index (χ4v) is 2.89. The largest absolute Gasteiger partial charge is 0.493 e. The molecule has 3 aromatic carbocycles. The minimum atomic E-state index is -0.227. The van der Waals surface area contributed by atoms with Crippen molar-refractivity contribution in [1.29, 1.82) is 0 Å². The molecule has 0 radical (unpaired) electrons. The number of amides is 1. The van der Waals surface area contributed by atoms with Gasteiger partial charge in [0.1, 0.15) is 18.1 Å². The van der Waals surface area contributed by atoms with Gasteiger partial charge >= 0.3 is 0 Å². The molecule has 4 nitrogen and oxygen atoms in total. The lowest BCUT2D eigenvalue weighted by Gasteiger charge is -2.14. The lowest BCUT2D eigenvalue weighted by atomic mass is 10.1. The molecule has 0 aliphatic carbocycles. The molecular weight excluding hydrogens is 397 g/mol. The van der Waals surface area contributed by atoms with Gasteiger partial charge in [0.25, 0.3) is 5.91 Å². The summed E-state index contributed by atoms with van der Waals surface area (Å²) in [4.78, 5) is 12.6. The molecule has 0 atom stereocenters. The molecule has 0 saturated heterocycles. The molecule has 0 aliphatic heterocycles. The Morgan fingerprint density at radius 2 is 1.71 bits per heavy atom. The van der Waals surface area contributed by atoms with Gasteiger partial charge < -0.3 is 14.8 Å². The Hall–Kier alpha value is -2.69. The maximum absolute atomic E-state index is 12.6. The minimum absolute atomic E-state index is 0.227. The maximum Gasteiger partial charge on any atom is 0.255 e. The van der Waals surface area contributed by atoms with Crippen LogP contribution in [0.3, 0.4) is 0 Å². The average molecular weight is 416 g/mol. The fourth-order valence-electron chi connectivity index (χ4n) is 2.58. The number of hydrogen-bond donors (Lipinski definition) is 1. The average Bonchev–Trinajstić information content (AvgIpc) is 2.69. The number of rotatable bonds is 7. The van der Waals surface area contributed by atoms with Crippen molar-refractivity contribution in [3.63, 3.8) is 0 Å². The highest BCUT2D eigenvalue weighted by atomic mass is 35.5. The van der Waals surface area contributed by atoms with Crippen LogP contribution < -0.4 is 14.8 Å². The predicted molar refractivity (Wildman–Crippen MR) is 113 cm³/mol. The van der Waals surface area contributed by atoms with Gasteiger partial charge in [0.2, 0.25) is 0 Å². The molecule has 1 N–H and O–H groups in total. The zero-order chi connectivity index (χ0) is 19.9. The molecule has 0 heterocycles. The van der Waals surface area contributed by atoms with Crippen molar-refractivity contribution >= 4 is 34.8 Å². The fraction of sp³-hybridized carbons (Fsp3) is 0.136. The number of carbonyl (C=O) groups is 1. The van der Waals surface area contributed by atoms with Crippen LogP contribution in [0, 0.1) is 0 Å². The predicted octanol–water partition coefficient (Wildman–Crippen LogP) is 6.22. The summed E-state index contributed by atoms with van der Waals surface area (Å²) in [6.07, 6.45) is 0. The Morgan fingerprint density at radius 3 is 2.43 bits per heavy atom. The van der Waals surface area contributed by atoms with Gasteiger partial charge in [-0.25, -0.2) is 0 Å². The molecule has 3 rings (SSSR count). The van der Waals surface area contributed by atoms with Crippen molar-refractivity contribution in [3.8, 4) is 11.5 Å².